The Hall–Kier alpha value is -3.34. The van der Waals surface area contributed by atoms with Crippen LogP contribution in [0.3, 0.4) is 0 Å². The third-order valence-electron chi connectivity index (χ3n) is 4.23. The molecule has 0 radical (unpaired) electrons. The Morgan fingerprint density at radius 1 is 1.12 bits per heavy atom. The SMILES string of the molecule is C=CC(=O)NC(C(=O)O)(c1ccc(C)cc1)n1ccc2ccccc21. The van der Waals surface area contributed by atoms with Crippen LogP contribution in [0.1, 0.15) is 11.1 Å². The zero-order chi connectivity index (χ0) is 18.0. The molecule has 3 rings (SSSR count). The maximum atomic E-state index is 12.4. The Morgan fingerprint density at radius 2 is 1.80 bits per heavy atom. The summed E-state index contributed by atoms with van der Waals surface area (Å²) in [6, 6.07) is 16.3. The molecule has 1 heterocycles. The molecule has 0 saturated heterocycles. The van der Waals surface area contributed by atoms with Crippen LogP contribution in [0.2, 0.25) is 0 Å². The molecule has 0 aliphatic heterocycles. The second-order valence-electron chi connectivity index (χ2n) is 5.82. The van der Waals surface area contributed by atoms with E-state index in [1.54, 1.807) is 22.9 Å². The minimum Gasteiger partial charge on any atom is -0.478 e. The number of para-hydroxylation sites is 1. The predicted octanol–water partition coefficient (Wildman–Crippen LogP) is 3.04. The summed E-state index contributed by atoms with van der Waals surface area (Å²) in [6.45, 7) is 5.36. The predicted molar refractivity (Wildman–Crippen MR) is 96.2 cm³/mol. The lowest BCUT2D eigenvalue weighted by Crippen LogP contribution is -2.56. The number of aromatic nitrogens is 1. The molecule has 0 fully saturated rings. The fraction of sp³-hybridized carbons (Fsp3) is 0.100. The van der Waals surface area contributed by atoms with Crippen molar-refractivity contribution in [2.45, 2.75) is 12.6 Å². The van der Waals surface area contributed by atoms with Crippen molar-refractivity contribution in [1.82, 2.24) is 9.88 Å². The lowest BCUT2D eigenvalue weighted by molar-refractivity contribution is -0.149. The van der Waals surface area contributed by atoms with Gasteiger partial charge in [-0.2, -0.15) is 0 Å². The smallest absolute Gasteiger partial charge is 0.356 e. The molecule has 2 aromatic carbocycles. The van der Waals surface area contributed by atoms with E-state index in [0.717, 1.165) is 17.0 Å². The standard InChI is InChI=1S/C20H18N2O3/c1-3-18(23)21-20(19(24)25,16-10-8-14(2)9-11-16)22-13-12-15-6-4-5-7-17(15)22/h3-13H,1H2,2H3,(H,21,23)(H,24,25). The first-order valence-corrected chi connectivity index (χ1v) is 7.80. The number of aryl methyl sites for hydroxylation is 1. The summed E-state index contributed by atoms with van der Waals surface area (Å²) in [5.41, 5.74) is 0.370. The van der Waals surface area contributed by atoms with E-state index in [4.69, 9.17) is 0 Å². The fourth-order valence-corrected chi connectivity index (χ4v) is 2.95. The molecule has 3 aromatic rings. The van der Waals surface area contributed by atoms with Crippen LogP contribution in [0.4, 0.5) is 0 Å². The number of fused-ring (bicyclic) bond motifs is 1. The van der Waals surface area contributed by atoms with Gasteiger partial charge in [0, 0.05) is 11.8 Å². The van der Waals surface area contributed by atoms with Crippen molar-refractivity contribution in [3.8, 4) is 0 Å². The number of hydrogen-bond donors (Lipinski definition) is 2. The molecule has 0 aliphatic rings. The number of carboxylic acid groups (broad SMARTS) is 1. The molecule has 1 atom stereocenters. The number of amides is 1. The van der Waals surface area contributed by atoms with E-state index < -0.39 is 17.5 Å². The normalized spacial score (nSPS) is 13.2. The van der Waals surface area contributed by atoms with Crippen LogP contribution in [-0.4, -0.2) is 21.6 Å². The lowest BCUT2D eigenvalue weighted by Gasteiger charge is -2.33. The van der Waals surface area contributed by atoms with Gasteiger partial charge in [0.15, 0.2) is 0 Å². The van der Waals surface area contributed by atoms with Gasteiger partial charge in [-0.05, 0) is 30.5 Å². The van der Waals surface area contributed by atoms with Gasteiger partial charge >= 0.3 is 5.97 Å². The van der Waals surface area contributed by atoms with E-state index in [-0.39, 0.29) is 0 Å². The van der Waals surface area contributed by atoms with Gasteiger partial charge in [-0.25, -0.2) is 4.79 Å². The first kappa shape index (κ1) is 16.5. The molecule has 0 bridgehead atoms. The number of hydrogen-bond acceptors (Lipinski definition) is 2. The molecular formula is C20H18N2O3. The summed E-state index contributed by atoms with van der Waals surface area (Å²) in [7, 11) is 0. The lowest BCUT2D eigenvalue weighted by atomic mass is 9.97. The minimum absolute atomic E-state index is 0.446. The Kier molecular flexibility index (Phi) is 4.15. The summed E-state index contributed by atoms with van der Waals surface area (Å²) in [5.74, 6) is -1.76. The van der Waals surface area contributed by atoms with Gasteiger partial charge in [0.05, 0.1) is 5.52 Å². The van der Waals surface area contributed by atoms with Crippen LogP contribution in [0.5, 0.6) is 0 Å². The monoisotopic (exact) mass is 334 g/mol. The third kappa shape index (κ3) is 2.70. The second-order valence-corrected chi connectivity index (χ2v) is 5.82. The van der Waals surface area contributed by atoms with Crippen molar-refractivity contribution in [1.29, 1.82) is 0 Å². The molecule has 1 amide bonds. The molecular weight excluding hydrogens is 316 g/mol. The van der Waals surface area contributed by atoms with Crippen molar-refractivity contribution in [2.75, 3.05) is 0 Å². The average Bonchev–Trinajstić information content (AvgIpc) is 3.04. The number of nitrogens with one attached hydrogen (secondary N) is 1. The molecule has 126 valence electrons. The topological polar surface area (TPSA) is 71.3 Å². The second kappa shape index (κ2) is 6.28. The van der Waals surface area contributed by atoms with Crippen molar-refractivity contribution in [3.63, 3.8) is 0 Å². The molecule has 1 unspecified atom stereocenters. The zero-order valence-electron chi connectivity index (χ0n) is 13.8. The average molecular weight is 334 g/mol. The molecule has 0 saturated carbocycles. The van der Waals surface area contributed by atoms with Gasteiger partial charge in [0.25, 0.3) is 0 Å². The van der Waals surface area contributed by atoms with Crippen molar-refractivity contribution >= 4 is 22.8 Å². The van der Waals surface area contributed by atoms with Gasteiger partial charge in [0.1, 0.15) is 0 Å². The van der Waals surface area contributed by atoms with E-state index in [1.165, 1.54) is 0 Å². The molecule has 5 heteroatoms. The molecule has 2 N–H and O–H groups in total. The molecule has 1 aromatic heterocycles. The van der Waals surface area contributed by atoms with Crippen LogP contribution in [0, 0.1) is 6.92 Å². The van der Waals surface area contributed by atoms with Crippen molar-refractivity contribution in [2.24, 2.45) is 0 Å². The van der Waals surface area contributed by atoms with E-state index >= 15 is 0 Å². The Morgan fingerprint density at radius 3 is 2.44 bits per heavy atom. The summed E-state index contributed by atoms with van der Waals surface area (Å²) in [4.78, 5) is 24.5. The van der Waals surface area contributed by atoms with Crippen LogP contribution in [0.25, 0.3) is 10.9 Å². The number of carbonyl (C=O) groups is 2. The first-order valence-electron chi connectivity index (χ1n) is 7.80. The number of carbonyl (C=O) groups excluding carboxylic acids is 1. The van der Waals surface area contributed by atoms with E-state index in [2.05, 4.69) is 11.9 Å². The zero-order valence-corrected chi connectivity index (χ0v) is 13.8. The molecule has 0 spiro atoms. The third-order valence-corrected chi connectivity index (χ3v) is 4.23. The summed E-state index contributed by atoms with van der Waals surface area (Å²) < 4.78 is 1.57. The molecule has 25 heavy (non-hydrogen) atoms. The fourth-order valence-electron chi connectivity index (χ4n) is 2.95. The number of aliphatic carboxylic acids is 1. The van der Waals surface area contributed by atoms with Gasteiger partial charge in [-0.3, -0.25) is 4.79 Å². The minimum atomic E-state index is -1.78. The van der Waals surface area contributed by atoms with Gasteiger partial charge in [-0.1, -0.05) is 54.6 Å². The van der Waals surface area contributed by atoms with Gasteiger partial charge < -0.3 is 15.0 Å². The highest BCUT2D eigenvalue weighted by atomic mass is 16.4. The number of nitrogens with zero attached hydrogens (tertiary/aromatic N) is 1. The number of benzene rings is 2. The van der Waals surface area contributed by atoms with Gasteiger partial charge in [-0.15, -0.1) is 0 Å². The highest BCUT2D eigenvalue weighted by Gasteiger charge is 2.44. The summed E-state index contributed by atoms with van der Waals surface area (Å²) in [6.07, 6.45) is 2.74. The number of carboxylic acids is 1. The largest absolute Gasteiger partial charge is 0.478 e. The molecule has 0 aliphatic carbocycles. The highest BCUT2D eigenvalue weighted by Crippen LogP contribution is 2.30. The Labute approximate surface area is 145 Å². The quantitative estimate of drug-likeness (QED) is 0.705. The van der Waals surface area contributed by atoms with Crippen LogP contribution < -0.4 is 5.32 Å². The first-order chi connectivity index (χ1) is 12.0. The number of rotatable bonds is 5. The summed E-state index contributed by atoms with van der Waals surface area (Å²) >= 11 is 0. The van der Waals surface area contributed by atoms with E-state index in [0.29, 0.717) is 11.1 Å². The highest BCUT2D eigenvalue weighted by molar-refractivity contribution is 5.95. The van der Waals surface area contributed by atoms with Crippen LogP contribution in [-0.2, 0) is 15.3 Å². The Bertz CT molecular complexity index is 956. The van der Waals surface area contributed by atoms with E-state index in [9.17, 15) is 14.7 Å². The van der Waals surface area contributed by atoms with Crippen LogP contribution in [0.15, 0.2) is 73.4 Å². The maximum Gasteiger partial charge on any atom is 0.356 e. The van der Waals surface area contributed by atoms with E-state index in [1.807, 2.05) is 49.4 Å². The van der Waals surface area contributed by atoms with Crippen molar-refractivity contribution in [3.05, 3.63) is 84.6 Å². The van der Waals surface area contributed by atoms with Gasteiger partial charge in [0.2, 0.25) is 11.6 Å². The Balaban J connectivity index is 2.33. The molecule has 5 nitrogen and oxygen atoms in total. The van der Waals surface area contributed by atoms with Crippen molar-refractivity contribution < 1.29 is 14.7 Å². The summed E-state index contributed by atoms with van der Waals surface area (Å²) in [5, 5.41) is 13.7. The maximum absolute atomic E-state index is 12.4. The van der Waals surface area contributed by atoms with Crippen LogP contribution >= 0.6 is 0 Å².